The van der Waals surface area contributed by atoms with Gasteiger partial charge in [-0.15, -0.1) is 12.4 Å². The molecule has 1 rings (SSSR count). The monoisotopic (exact) mass is 281 g/mol. The summed E-state index contributed by atoms with van der Waals surface area (Å²) in [6.45, 7) is 5.43. The number of halogens is 3. The molecule has 1 aromatic carbocycles. The van der Waals surface area contributed by atoms with Crippen molar-refractivity contribution in [2.24, 2.45) is 11.7 Å². The molecule has 17 heavy (non-hydrogen) atoms. The van der Waals surface area contributed by atoms with Crippen LogP contribution in [0.2, 0.25) is 5.02 Å². The largest absolute Gasteiger partial charge is 0.391 e. The molecule has 0 aliphatic carbocycles. The Morgan fingerprint density at radius 1 is 1.35 bits per heavy atom. The first-order valence-corrected chi connectivity index (χ1v) is 5.62. The first kappa shape index (κ1) is 16.6. The fourth-order valence-electron chi connectivity index (χ4n) is 1.57. The normalized spacial score (nSPS) is 14.4. The molecule has 0 aliphatic rings. The van der Waals surface area contributed by atoms with Gasteiger partial charge < -0.3 is 10.8 Å². The van der Waals surface area contributed by atoms with Crippen LogP contribution in [0.1, 0.15) is 31.0 Å². The quantitative estimate of drug-likeness (QED) is 0.894. The van der Waals surface area contributed by atoms with Gasteiger partial charge in [0.05, 0.1) is 17.2 Å². The van der Waals surface area contributed by atoms with Crippen LogP contribution < -0.4 is 5.73 Å². The van der Waals surface area contributed by atoms with E-state index in [4.69, 9.17) is 17.3 Å². The third kappa shape index (κ3) is 3.55. The molecule has 0 heterocycles. The molecule has 98 valence electrons. The van der Waals surface area contributed by atoms with Crippen molar-refractivity contribution < 1.29 is 9.50 Å². The van der Waals surface area contributed by atoms with Crippen LogP contribution in [0.5, 0.6) is 0 Å². The molecule has 0 aromatic heterocycles. The molecule has 0 radical (unpaired) electrons. The third-order valence-electron chi connectivity index (χ3n) is 2.70. The Balaban J connectivity index is 0.00000256. The van der Waals surface area contributed by atoms with Crippen molar-refractivity contribution >= 4 is 24.0 Å². The van der Waals surface area contributed by atoms with Gasteiger partial charge in [0, 0.05) is 5.56 Å². The number of benzene rings is 1. The Labute approximate surface area is 112 Å². The smallest absolute Gasteiger partial charge is 0.129 e. The summed E-state index contributed by atoms with van der Waals surface area (Å²) < 4.78 is 13.6. The van der Waals surface area contributed by atoms with Crippen LogP contribution in [0.15, 0.2) is 12.1 Å². The van der Waals surface area contributed by atoms with E-state index < -0.39 is 18.0 Å². The van der Waals surface area contributed by atoms with Gasteiger partial charge in [-0.3, -0.25) is 0 Å². The van der Waals surface area contributed by atoms with Crippen molar-refractivity contribution in [3.63, 3.8) is 0 Å². The lowest BCUT2D eigenvalue weighted by Crippen LogP contribution is -2.31. The van der Waals surface area contributed by atoms with Crippen molar-refractivity contribution in [1.82, 2.24) is 0 Å². The van der Waals surface area contributed by atoms with Crippen molar-refractivity contribution in [2.75, 3.05) is 0 Å². The zero-order valence-electron chi connectivity index (χ0n) is 10.1. The van der Waals surface area contributed by atoms with E-state index in [2.05, 4.69) is 0 Å². The van der Waals surface area contributed by atoms with Gasteiger partial charge in [0.15, 0.2) is 0 Å². The van der Waals surface area contributed by atoms with Crippen molar-refractivity contribution in [1.29, 1.82) is 0 Å². The summed E-state index contributed by atoms with van der Waals surface area (Å²) in [5, 5.41) is 10.1. The number of aliphatic hydroxyl groups is 1. The average Bonchev–Trinajstić information content (AvgIpc) is 2.22. The molecule has 2 atom stereocenters. The number of nitrogens with two attached hydrogens (primary N) is 1. The zero-order valence-corrected chi connectivity index (χ0v) is 11.6. The molecule has 0 amide bonds. The Kier molecular flexibility index (Phi) is 6.41. The number of hydrogen-bond acceptors (Lipinski definition) is 2. The Bertz CT molecular complexity index is 385. The molecule has 0 saturated heterocycles. The number of rotatable bonds is 3. The highest BCUT2D eigenvalue weighted by molar-refractivity contribution is 6.32. The minimum atomic E-state index is -0.811. The molecule has 2 nitrogen and oxygen atoms in total. The van der Waals surface area contributed by atoms with Gasteiger partial charge >= 0.3 is 0 Å². The lowest BCUT2D eigenvalue weighted by molar-refractivity contribution is 0.0966. The van der Waals surface area contributed by atoms with Crippen LogP contribution in [0.25, 0.3) is 0 Å². The van der Waals surface area contributed by atoms with Gasteiger partial charge in [-0.05, 0) is 24.5 Å². The maximum Gasteiger partial charge on any atom is 0.129 e. The molecule has 3 N–H and O–H groups in total. The standard InChI is InChI=1S/C12H17ClFNO.ClH/c1-6(2)12(16)11(15)9-8(14)5-4-7(3)10(9)13;/h4-6,11-12,16H,15H2,1-3H3;1H/t11-,12+;/m1./s1. The maximum absolute atomic E-state index is 13.6. The first-order valence-electron chi connectivity index (χ1n) is 5.24. The fourth-order valence-corrected chi connectivity index (χ4v) is 1.85. The maximum atomic E-state index is 13.6. The van der Waals surface area contributed by atoms with Gasteiger partial charge in [-0.25, -0.2) is 4.39 Å². The van der Waals surface area contributed by atoms with Gasteiger partial charge in [-0.1, -0.05) is 31.5 Å². The second kappa shape index (κ2) is 6.55. The van der Waals surface area contributed by atoms with E-state index in [1.165, 1.54) is 6.07 Å². The molecule has 0 unspecified atom stereocenters. The van der Waals surface area contributed by atoms with Crippen LogP contribution >= 0.6 is 24.0 Å². The summed E-state index contributed by atoms with van der Waals surface area (Å²) in [6.07, 6.45) is -0.811. The summed E-state index contributed by atoms with van der Waals surface area (Å²) in [5.41, 5.74) is 6.79. The minimum Gasteiger partial charge on any atom is -0.391 e. The van der Waals surface area contributed by atoms with E-state index >= 15 is 0 Å². The molecule has 5 heteroatoms. The van der Waals surface area contributed by atoms with Crippen molar-refractivity contribution in [3.05, 3.63) is 34.1 Å². The predicted octanol–water partition coefficient (Wildman–Crippen LogP) is 3.23. The van der Waals surface area contributed by atoms with Crippen LogP contribution in [0, 0.1) is 18.7 Å². The summed E-state index contributed by atoms with van der Waals surface area (Å²) in [4.78, 5) is 0. The van der Waals surface area contributed by atoms with Crippen molar-refractivity contribution in [3.8, 4) is 0 Å². The fraction of sp³-hybridized carbons (Fsp3) is 0.500. The van der Waals surface area contributed by atoms with Gasteiger partial charge in [-0.2, -0.15) is 0 Å². The highest BCUT2D eigenvalue weighted by Crippen LogP contribution is 2.31. The average molecular weight is 282 g/mol. The van der Waals surface area contributed by atoms with E-state index in [0.717, 1.165) is 5.56 Å². The Morgan fingerprint density at radius 2 is 1.88 bits per heavy atom. The lowest BCUT2D eigenvalue weighted by Gasteiger charge is -2.24. The van der Waals surface area contributed by atoms with E-state index in [1.54, 1.807) is 13.0 Å². The first-order chi connectivity index (χ1) is 7.36. The van der Waals surface area contributed by atoms with Crippen molar-refractivity contribution in [2.45, 2.75) is 32.9 Å². The molecule has 0 bridgehead atoms. The molecule has 0 aliphatic heterocycles. The molecule has 0 spiro atoms. The summed E-state index contributed by atoms with van der Waals surface area (Å²) in [6, 6.07) is 2.12. The zero-order chi connectivity index (χ0) is 12.5. The number of hydrogen-bond donors (Lipinski definition) is 2. The summed E-state index contributed by atoms with van der Waals surface area (Å²) in [7, 11) is 0. The van der Waals surface area contributed by atoms with Crippen LogP contribution in [-0.4, -0.2) is 11.2 Å². The van der Waals surface area contributed by atoms with E-state index in [1.807, 2.05) is 13.8 Å². The lowest BCUT2D eigenvalue weighted by atomic mass is 9.93. The summed E-state index contributed by atoms with van der Waals surface area (Å²) >= 11 is 6.01. The van der Waals surface area contributed by atoms with Gasteiger partial charge in [0.1, 0.15) is 5.82 Å². The van der Waals surface area contributed by atoms with E-state index in [0.29, 0.717) is 5.02 Å². The topological polar surface area (TPSA) is 46.2 Å². The van der Waals surface area contributed by atoms with E-state index in [9.17, 15) is 9.50 Å². The van der Waals surface area contributed by atoms with Crippen LogP contribution in [-0.2, 0) is 0 Å². The minimum absolute atomic E-state index is 0. The highest BCUT2D eigenvalue weighted by Gasteiger charge is 2.25. The Morgan fingerprint density at radius 3 is 2.35 bits per heavy atom. The van der Waals surface area contributed by atoms with E-state index in [-0.39, 0.29) is 23.9 Å². The van der Waals surface area contributed by atoms with Gasteiger partial charge in [0.2, 0.25) is 0 Å². The van der Waals surface area contributed by atoms with Crippen LogP contribution in [0.4, 0.5) is 4.39 Å². The molecule has 0 saturated carbocycles. The summed E-state index contributed by atoms with van der Waals surface area (Å²) in [5.74, 6) is -0.520. The van der Waals surface area contributed by atoms with Crippen LogP contribution in [0.3, 0.4) is 0 Å². The van der Waals surface area contributed by atoms with Gasteiger partial charge in [0.25, 0.3) is 0 Å². The molecule has 0 fully saturated rings. The third-order valence-corrected chi connectivity index (χ3v) is 3.21. The number of aliphatic hydroxyl groups excluding tert-OH is 1. The number of aryl methyl sites for hydroxylation is 1. The second-order valence-electron chi connectivity index (χ2n) is 4.35. The molecular weight excluding hydrogens is 264 g/mol. The molecular formula is C12H18Cl2FNO. The second-order valence-corrected chi connectivity index (χ2v) is 4.73. The SMILES string of the molecule is Cc1ccc(F)c([C@@H](N)[C@@H](O)C(C)C)c1Cl.Cl. The predicted molar refractivity (Wildman–Crippen MR) is 71.2 cm³/mol. The molecule has 1 aromatic rings. The Hall–Kier alpha value is -0.350. The highest BCUT2D eigenvalue weighted by atomic mass is 35.5.